The zero-order valence-corrected chi connectivity index (χ0v) is 19.4. The van der Waals surface area contributed by atoms with E-state index in [1.807, 2.05) is 65.6 Å². The van der Waals surface area contributed by atoms with Crippen LogP contribution in [0.3, 0.4) is 0 Å². The predicted octanol–water partition coefficient (Wildman–Crippen LogP) is 4.99. The highest BCUT2D eigenvalue weighted by Gasteiger charge is 2.63. The Morgan fingerprint density at radius 1 is 0.914 bits per heavy atom. The third-order valence-electron chi connectivity index (χ3n) is 7.01. The van der Waals surface area contributed by atoms with Crippen LogP contribution < -0.4 is 14.4 Å². The van der Waals surface area contributed by atoms with Gasteiger partial charge < -0.3 is 14.4 Å². The zero-order chi connectivity index (χ0) is 24.6. The van der Waals surface area contributed by atoms with Crippen molar-refractivity contribution in [2.45, 2.75) is 18.0 Å². The molecule has 0 aromatic heterocycles. The molecule has 6 heteroatoms. The lowest BCUT2D eigenvalue weighted by molar-refractivity contribution is 0.0951. The molecule has 172 valence electrons. The van der Waals surface area contributed by atoms with E-state index >= 15 is 0 Å². The molecule has 1 fully saturated rings. The summed E-state index contributed by atoms with van der Waals surface area (Å²) in [5.74, 6) is 0.114. The summed E-state index contributed by atoms with van der Waals surface area (Å²) in [5, 5.41) is 21.1. The number of Topliss-reactive ketones (excluding diaryl/α,β-unsaturated/α-hetero) is 1. The SMILES string of the molecule is COc1ccc([C@@H]2[C@H](C(=O)c3ccccc3)N3c4ccccc4C=C[C@H]3C2(C#N)C#N)cc1OC. The van der Waals surface area contributed by atoms with E-state index in [4.69, 9.17) is 9.47 Å². The fraction of sp³-hybridized carbons (Fsp3) is 0.207. The highest BCUT2D eigenvalue weighted by Crippen LogP contribution is 2.56. The molecule has 0 unspecified atom stereocenters. The summed E-state index contributed by atoms with van der Waals surface area (Å²) < 4.78 is 10.9. The first-order valence-electron chi connectivity index (χ1n) is 11.3. The molecule has 0 radical (unpaired) electrons. The normalized spacial score (nSPS) is 21.3. The number of anilines is 1. The van der Waals surface area contributed by atoms with Crippen LogP contribution in [0.5, 0.6) is 11.5 Å². The van der Waals surface area contributed by atoms with Gasteiger partial charge in [-0.3, -0.25) is 4.79 Å². The number of nitriles is 2. The molecule has 3 atom stereocenters. The summed E-state index contributed by atoms with van der Waals surface area (Å²) in [4.78, 5) is 16.1. The van der Waals surface area contributed by atoms with Crippen molar-refractivity contribution in [3.8, 4) is 23.6 Å². The van der Waals surface area contributed by atoms with Gasteiger partial charge in [-0.15, -0.1) is 0 Å². The van der Waals surface area contributed by atoms with Crippen molar-refractivity contribution in [2.75, 3.05) is 19.1 Å². The Balaban J connectivity index is 1.79. The molecule has 2 aliphatic heterocycles. The number of hydrogen-bond acceptors (Lipinski definition) is 6. The first-order valence-corrected chi connectivity index (χ1v) is 11.3. The average Bonchev–Trinajstić information content (AvgIpc) is 3.23. The van der Waals surface area contributed by atoms with E-state index in [2.05, 4.69) is 12.1 Å². The Morgan fingerprint density at radius 3 is 2.29 bits per heavy atom. The van der Waals surface area contributed by atoms with Crippen molar-refractivity contribution >= 4 is 17.5 Å². The van der Waals surface area contributed by atoms with E-state index in [0.717, 1.165) is 11.3 Å². The number of rotatable bonds is 5. The van der Waals surface area contributed by atoms with Crippen molar-refractivity contribution in [3.63, 3.8) is 0 Å². The van der Waals surface area contributed by atoms with Crippen LogP contribution in [0.25, 0.3) is 6.08 Å². The van der Waals surface area contributed by atoms with Crippen molar-refractivity contribution in [2.24, 2.45) is 5.41 Å². The molecule has 35 heavy (non-hydrogen) atoms. The van der Waals surface area contributed by atoms with Gasteiger partial charge in [-0.2, -0.15) is 10.5 Å². The quantitative estimate of drug-likeness (QED) is 0.498. The largest absolute Gasteiger partial charge is 0.493 e. The Morgan fingerprint density at radius 2 is 1.60 bits per heavy atom. The van der Waals surface area contributed by atoms with Gasteiger partial charge in [-0.05, 0) is 29.3 Å². The number of benzene rings is 3. The molecule has 0 N–H and O–H groups in total. The maximum Gasteiger partial charge on any atom is 0.185 e. The number of fused-ring (bicyclic) bond motifs is 3. The first kappa shape index (κ1) is 22.3. The van der Waals surface area contributed by atoms with Crippen molar-refractivity contribution in [3.05, 3.63) is 95.6 Å². The van der Waals surface area contributed by atoms with E-state index in [0.29, 0.717) is 22.6 Å². The fourth-order valence-corrected chi connectivity index (χ4v) is 5.43. The predicted molar refractivity (Wildman–Crippen MR) is 132 cm³/mol. The Labute approximate surface area is 204 Å². The van der Waals surface area contributed by atoms with Crippen molar-refractivity contribution < 1.29 is 14.3 Å². The molecule has 0 aliphatic carbocycles. The molecule has 0 bridgehead atoms. The number of carbonyl (C=O) groups is 1. The molecule has 0 spiro atoms. The summed E-state index contributed by atoms with van der Waals surface area (Å²) in [6, 6.07) is 25.4. The second-order valence-corrected chi connectivity index (χ2v) is 8.63. The molecule has 1 saturated heterocycles. The van der Waals surface area contributed by atoms with Gasteiger partial charge in [0.15, 0.2) is 22.7 Å². The summed E-state index contributed by atoms with van der Waals surface area (Å²) in [7, 11) is 3.08. The summed E-state index contributed by atoms with van der Waals surface area (Å²) >= 11 is 0. The minimum Gasteiger partial charge on any atom is -0.493 e. The second kappa shape index (κ2) is 8.66. The number of methoxy groups -OCH3 is 2. The maximum atomic E-state index is 14.2. The van der Waals surface area contributed by atoms with Crippen molar-refractivity contribution in [1.29, 1.82) is 10.5 Å². The van der Waals surface area contributed by atoms with Crippen LogP contribution >= 0.6 is 0 Å². The van der Waals surface area contributed by atoms with Crippen LogP contribution in [0.1, 0.15) is 27.4 Å². The van der Waals surface area contributed by atoms with Gasteiger partial charge in [0.2, 0.25) is 0 Å². The van der Waals surface area contributed by atoms with Crippen LogP contribution in [0.2, 0.25) is 0 Å². The molecular formula is C29H23N3O3. The lowest BCUT2D eigenvalue weighted by atomic mass is 9.69. The Kier molecular flexibility index (Phi) is 5.51. The van der Waals surface area contributed by atoms with E-state index in [9.17, 15) is 15.3 Å². The second-order valence-electron chi connectivity index (χ2n) is 8.63. The molecule has 2 heterocycles. The molecule has 2 aliphatic rings. The van der Waals surface area contributed by atoms with Crippen LogP contribution in [-0.2, 0) is 0 Å². The summed E-state index contributed by atoms with van der Waals surface area (Å²) in [5.41, 5.74) is 1.44. The molecule has 3 aromatic rings. The standard InChI is InChI=1S/C29H23N3O3/c1-34-23-14-12-21(16-24(23)35-2)26-27(28(33)20-9-4-3-5-10-20)32-22-11-7-6-8-19(22)13-15-25(32)29(26,17-30)18-31/h3-16,25-27H,1-2H3/t25-,26+,27+/m0/s1. The molecule has 0 saturated carbocycles. The van der Waals surface area contributed by atoms with Crippen molar-refractivity contribution in [1.82, 2.24) is 0 Å². The summed E-state index contributed by atoms with van der Waals surface area (Å²) in [6.45, 7) is 0. The van der Waals surface area contributed by atoms with Gasteiger partial charge in [0, 0.05) is 17.2 Å². The van der Waals surface area contributed by atoms with Gasteiger partial charge in [-0.25, -0.2) is 0 Å². The lowest BCUT2D eigenvalue weighted by Gasteiger charge is -2.35. The minimum atomic E-state index is -1.52. The highest BCUT2D eigenvalue weighted by atomic mass is 16.5. The number of hydrogen-bond donors (Lipinski definition) is 0. The minimum absolute atomic E-state index is 0.145. The Hall–Kier alpha value is -4.55. The average molecular weight is 462 g/mol. The molecule has 5 rings (SSSR count). The van der Waals surface area contributed by atoms with E-state index < -0.39 is 23.4 Å². The Bertz CT molecular complexity index is 1390. The maximum absolute atomic E-state index is 14.2. The van der Waals surface area contributed by atoms with Crippen LogP contribution in [0.4, 0.5) is 5.69 Å². The van der Waals surface area contributed by atoms with E-state index in [-0.39, 0.29) is 5.78 Å². The highest BCUT2D eigenvalue weighted by molar-refractivity contribution is 6.04. The third-order valence-corrected chi connectivity index (χ3v) is 7.01. The number of ketones is 1. The van der Waals surface area contributed by atoms with Gasteiger partial charge in [-0.1, -0.05) is 66.7 Å². The smallest absolute Gasteiger partial charge is 0.185 e. The van der Waals surface area contributed by atoms with E-state index in [1.54, 1.807) is 31.4 Å². The molecule has 0 amide bonds. The van der Waals surface area contributed by atoms with Crippen LogP contribution in [-0.4, -0.2) is 32.1 Å². The fourth-order valence-electron chi connectivity index (χ4n) is 5.43. The zero-order valence-electron chi connectivity index (χ0n) is 19.4. The van der Waals surface area contributed by atoms with E-state index in [1.165, 1.54) is 7.11 Å². The van der Waals surface area contributed by atoms with Crippen LogP contribution in [0, 0.1) is 28.1 Å². The van der Waals surface area contributed by atoms with Gasteiger partial charge in [0.25, 0.3) is 0 Å². The topological polar surface area (TPSA) is 86.4 Å². The molecule has 6 nitrogen and oxygen atoms in total. The summed E-state index contributed by atoms with van der Waals surface area (Å²) in [6.07, 6.45) is 3.81. The lowest BCUT2D eigenvalue weighted by Crippen LogP contribution is -2.44. The first-order chi connectivity index (χ1) is 17.1. The third kappa shape index (κ3) is 3.26. The molecular weight excluding hydrogens is 438 g/mol. The number of carbonyl (C=O) groups excluding carboxylic acids is 1. The van der Waals surface area contributed by atoms with Gasteiger partial charge in [0.05, 0.1) is 32.4 Å². The number of ether oxygens (including phenoxy) is 2. The van der Waals surface area contributed by atoms with Crippen LogP contribution in [0.15, 0.2) is 78.9 Å². The number of nitrogens with zero attached hydrogens (tertiary/aromatic N) is 3. The molecule has 3 aromatic carbocycles. The number of para-hydroxylation sites is 1. The van der Waals surface area contributed by atoms with Gasteiger partial charge >= 0.3 is 0 Å². The van der Waals surface area contributed by atoms with Gasteiger partial charge in [0.1, 0.15) is 6.04 Å². The monoisotopic (exact) mass is 461 g/mol.